The molecule has 0 saturated carbocycles. The summed E-state index contributed by atoms with van der Waals surface area (Å²) in [6.45, 7) is 3.98. The summed E-state index contributed by atoms with van der Waals surface area (Å²) in [4.78, 5) is 13.2. The van der Waals surface area contributed by atoms with Crippen LogP contribution in [0.25, 0.3) is 28.1 Å². The number of hydrogen-bond acceptors (Lipinski definition) is 6. The molecule has 0 radical (unpaired) electrons. The predicted molar refractivity (Wildman–Crippen MR) is 120 cm³/mol. The summed E-state index contributed by atoms with van der Waals surface area (Å²) in [5, 5.41) is 12.6. The molecule has 5 rings (SSSR count). The van der Waals surface area contributed by atoms with E-state index in [1.165, 1.54) is 18.5 Å². The highest BCUT2D eigenvalue weighted by Gasteiger charge is 2.18. The molecule has 1 aromatic carbocycles. The first-order chi connectivity index (χ1) is 15.5. The van der Waals surface area contributed by atoms with Crippen LogP contribution in [0.5, 0.6) is 0 Å². The highest BCUT2D eigenvalue weighted by molar-refractivity contribution is 5.79. The van der Waals surface area contributed by atoms with Crippen LogP contribution in [-0.2, 0) is 13.5 Å². The van der Waals surface area contributed by atoms with E-state index >= 15 is 0 Å². The average Bonchev–Trinajstić information content (AvgIpc) is 3.31. The van der Waals surface area contributed by atoms with Gasteiger partial charge in [-0.2, -0.15) is 10.2 Å². The smallest absolute Gasteiger partial charge is 0.159 e. The molecule has 0 unspecified atom stereocenters. The number of nitrogens with zero attached hydrogens (tertiary/aromatic N) is 7. The molecule has 0 spiro atoms. The maximum absolute atomic E-state index is 13.4. The number of aryl methyl sites for hydroxylation is 2. The Morgan fingerprint density at radius 2 is 1.84 bits per heavy atom. The number of anilines is 2. The summed E-state index contributed by atoms with van der Waals surface area (Å²) in [5.74, 6) is 1.79. The van der Waals surface area contributed by atoms with Crippen LogP contribution in [0, 0.1) is 12.7 Å². The van der Waals surface area contributed by atoms with Gasteiger partial charge in [0, 0.05) is 30.4 Å². The van der Waals surface area contributed by atoms with E-state index < -0.39 is 0 Å². The third-order valence-corrected chi connectivity index (χ3v) is 5.34. The van der Waals surface area contributed by atoms with Crippen molar-refractivity contribution in [1.82, 2.24) is 34.5 Å². The van der Waals surface area contributed by atoms with Crippen molar-refractivity contribution < 1.29 is 4.39 Å². The number of benzene rings is 1. The lowest BCUT2D eigenvalue weighted by Crippen LogP contribution is -2.05. The second-order valence-electron chi connectivity index (χ2n) is 7.41. The normalized spacial score (nSPS) is 11.2. The van der Waals surface area contributed by atoms with Gasteiger partial charge in [-0.1, -0.05) is 6.92 Å². The molecule has 0 bridgehead atoms. The first kappa shape index (κ1) is 19.8. The molecule has 1 N–H and O–H groups in total. The Balaban J connectivity index is 1.53. The largest absolute Gasteiger partial charge is 0.325 e. The lowest BCUT2D eigenvalue weighted by atomic mass is 10.1. The van der Waals surface area contributed by atoms with Crippen LogP contribution in [0.3, 0.4) is 0 Å². The van der Waals surface area contributed by atoms with Crippen LogP contribution in [-0.4, -0.2) is 34.5 Å². The first-order valence-corrected chi connectivity index (χ1v) is 10.3. The van der Waals surface area contributed by atoms with Crippen LogP contribution >= 0.6 is 0 Å². The summed E-state index contributed by atoms with van der Waals surface area (Å²) in [5.41, 5.74) is 5.24. The molecule has 0 saturated heterocycles. The van der Waals surface area contributed by atoms with Crippen molar-refractivity contribution in [3.05, 3.63) is 72.1 Å². The van der Waals surface area contributed by atoms with Gasteiger partial charge in [-0.05, 0) is 49.7 Å². The Morgan fingerprint density at radius 1 is 1.03 bits per heavy atom. The maximum Gasteiger partial charge on any atom is 0.159 e. The van der Waals surface area contributed by atoms with Gasteiger partial charge in [0.25, 0.3) is 0 Å². The van der Waals surface area contributed by atoms with E-state index in [1.54, 1.807) is 27.7 Å². The van der Waals surface area contributed by atoms with Crippen molar-refractivity contribution in [3.63, 3.8) is 0 Å². The van der Waals surface area contributed by atoms with Crippen LogP contribution in [0.15, 0.2) is 55.0 Å². The van der Waals surface area contributed by atoms with Crippen molar-refractivity contribution in [2.75, 3.05) is 5.32 Å². The number of nitrogens with one attached hydrogen (secondary N) is 1. The quantitative estimate of drug-likeness (QED) is 0.448. The lowest BCUT2D eigenvalue weighted by molar-refractivity contribution is 0.628. The zero-order valence-corrected chi connectivity index (χ0v) is 17.9. The fraction of sp³-hybridized carbons (Fsp3) is 0.174. The van der Waals surface area contributed by atoms with Gasteiger partial charge in [-0.15, -0.1) is 0 Å². The van der Waals surface area contributed by atoms with E-state index in [4.69, 9.17) is 0 Å². The second kappa shape index (κ2) is 7.84. The highest BCUT2D eigenvalue weighted by Crippen LogP contribution is 2.31. The highest BCUT2D eigenvalue weighted by atomic mass is 19.1. The van der Waals surface area contributed by atoms with Crippen LogP contribution in [0.1, 0.15) is 18.2 Å². The Morgan fingerprint density at radius 3 is 2.62 bits per heavy atom. The number of hydrogen-bond donors (Lipinski definition) is 1. The minimum Gasteiger partial charge on any atom is -0.325 e. The first-order valence-electron chi connectivity index (χ1n) is 10.3. The monoisotopic (exact) mass is 428 g/mol. The molecule has 9 heteroatoms. The summed E-state index contributed by atoms with van der Waals surface area (Å²) in [7, 11) is 1.87. The number of fused-ring (bicyclic) bond motifs is 1. The van der Waals surface area contributed by atoms with E-state index in [0.29, 0.717) is 11.6 Å². The molecule has 0 amide bonds. The molecule has 5 aromatic rings. The molecule has 0 aliphatic heterocycles. The van der Waals surface area contributed by atoms with Gasteiger partial charge in [0.15, 0.2) is 5.82 Å². The fourth-order valence-electron chi connectivity index (χ4n) is 3.82. The SMILES string of the molecule is CCc1c(-c2ccc(F)cc2)nn(C)c1Nc1cc(-n2nc(C)c3ncccc32)ncn1. The number of aromatic nitrogens is 7. The molecule has 0 aliphatic carbocycles. The lowest BCUT2D eigenvalue weighted by Gasteiger charge is -2.10. The zero-order chi connectivity index (χ0) is 22.2. The third kappa shape index (κ3) is 3.37. The van der Waals surface area contributed by atoms with Crippen molar-refractivity contribution >= 4 is 22.7 Å². The Kier molecular flexibility index (Phi) is 4.85. The van der Waals surface area contributed by atoms with Gasteiger partial charge in [0.1, 0.15) is 29.3 Å². The number of rotatable bonds is 5. The Labute approximate surface area is 183 Å². The second-order valence-corrected chi connectivity index (χ2v) is 7.41. The molecular formula is C23H21FN8. The van der Waals surface area contributed by atoms with Crippen LogP contribution in [0.2, 0.25) is 0 Å². The molecule has 4 aromatic heterocycles. The molecule has 32 heavy (non-hydrogen) atoms. The third-order valence-electron chi connectivity index (χ3n) is 5.34. The van der Waals surface area contributed by atoms with E-state index in [2.05, 4.69) is 37.4 Å². The van der Waals surface area contributed by atoms with E-state index in [0.717, 1.165) is 45.8 Å². The summed E-state index contributed by atoms with van der Waals surface area (Å²) in [6, 6.07) is 12.0. The van der Waals surface area contributed by atoms with Gasteiger partial charge in [-0.25, -0.2) is 19.0 Å². The van der Waals surface area contributed by atoms with Crippen molar-refractivity contribution in [3.8, 4) is 17.1 Å². The van der Waals surface area contributed by atoms with Crippen LogP contribution in [0.4, 0.5) is 16.0 Å². The maximum atomic E-state index is 13.4. The molecule has 0 atom stereocenters. The van der Waals surface area contributed by atoms with Crippen molar-refractivity contribution in [2.24, 2.45) is 7.05 Å². The molecular weight excluding hydrogens is 407 g/mol. The molecule has 160 valence electrons. The fourth-order valence-corrected chi connectivity index (χ4v) is 3.82. The number of halogens is 1. The van der Waals surface area contributed by atoms with E-state index in [9.17, 15) is 4.39 Å². The minimum atomic E-state index is -0.272. The summed E-state index contributed by atoms with van der Waals surface area (Å²) in [6.07, 6.45) is 4.00. The molecule has 8 nitrogen and oxygen atoms in total. The molecule has 0 aliphatic rings. The standard InChI is InChI=1S/C23H21FN8/c1-4-17-22(15-7-9-16(24)10-8-15)30-31(3)23(17)28-19-12-20(27-13-26-19)32-18-6-5-11-25-21(18)14(2)29-32/h5-13H,4H2,1-3H3,(H,26,27,28). The molecule has 4 heterocycles. The topological polar surface area (TPSA) is 86.3 Å². The van der Waals surface area contributed by atoms with E-state index in [1.807, 2.05) is 32.2 Å². The Bertz CT molecular complexity index is 1420. The van der Waals surface area contributed by atoms with Crippen molar-refractivity contribution in [2.45, 2.75) is 20.3 Å². The van der Waals surface area contributed by atoms with E-state index in [-0.39, 0.29) is 5.82 Å². The Hall–Kier alpha value is -4.14. The summed E-state index contributed by atoms with van der Waals surface area (Å²) >= 11 is 0. The van der Waals surface area contributed by atoms with Crippen molar-refractivity contribution in [1.29, 1.82) is 0 Å². The average molecular weight is 428 g/mol. The predicted octanol–water partition coefficient (Wildman–Crippen LogP) is 4.36. The van der Waals surface area contributed by atoms with Gasteiger partial charge in [-0.3, -0.25) is 9.67 Å². The zero-order valence-electron chi connectivity index (χ0n) is 17.9. The van der Waals surface area contributed by atoms with Crippen LogP contribution < -0.4 is 5.32 Å². The van der Waals surface area contributed by atoms with Gasteiger partial charge >= 0.3 is 0 Å². The van der Waals surface area contributed by atoms with Gasteiger partial charge in [0.05, 0.1) is 16.9 Å². The summed E-state index contributed by atoms with van der Waals surface area (Å²) < 4.78 is 16.9. The molecule has 0 fully saturated rings. The minimum absolute atomic E-state index is 0.272. The number of pyridine rings is 1. The van der Waals surface area contributed by atoms with Gasteiger partial charge in [0.2, 0.25) is 0 Å². The van der Waals surface area contributed by atoms with Gasteiger partial charge < -0.3 is 5.32 Å².